The molecule has 0 heterocycles. The van der Waals surface area contributed by atoms with Crippen molar-refractivity contribution < 1.29 is 16.5 Å². The Morgan fingerprint density at radius 2 is 0.424 bits per heavy atom. The van der Waals surface area contributed by atoms with Crippen molar-refractivity contribution in [2.24, 2.45) is 0 Å². The van der Waals surface area contributed by atoms with Gasteiger partial charge in [-0.3, -0.25) is 0 Å². The van der Waals surface area contributed by atoms with Gasteiger partial charge in [0.25, 0.3) is 0 Å². The molecule has 0 aromatic rings. The van der Waals surface area contributed by atoms with Crippen molar-refractivity contribution in [1.29, 1.82) is 0 Å². The molecule has 3 heteroatoms. The van der Waals surface area contributed by atoms with Gasteiger partial charge in [-0.1, -0.05) is 144 Å². The molecular weight excluding hydrogens is 481 g/mol. The Hall–Kier alpha value is -1.77. The van der Waals surface area contributed by atoms with Gasteiger partial charge in [-0.2, -0.15) is 0 Å². The maximum atomic E-state index is 2.23. The van der Waals surface area contributed by atoms with Crippen molar-refractivity contribution in [3.63, 3.8) is 0 Å². The van der Waals surface area contributed by atoms with Crippen LogP contribution in [0.3, 0.4) is 0 Å². The third kappa shape index (κ3) is 30.2. The molecule has 0 aliphatic rings. The Bertz CT molecular complexity index is 597. The van der Waals surface area contributed by atoms with Gasteiger partial charge in [0.15, 0.2) is 0 Å². The number of hydrogen-bond donors (Lipinski definition) is 0. The smallest absolute Gasteiger partial charge is 0 e. The Morgan fingerprint density at radius 3 is 0.545 bits per heavy atom. The number of hydrogen-bond acceptors (Lipinski definition) is 0. The van der Waals surface area contributed by atoms with Gasteiger partial charge in [0.1, 0.15) is 0 Å². The monoisotopic (exact) mass is 522 g/mol. The molecule has 0 saturated heterocycles. The summed E-state index contributed by atoms with van der Waals surface area (Å²) in [5.74, 6) is 13.4. The molecule has 0 N–H and O–H groups in total. The van der Waals surface area contributed by atoms with E-state index in [1.54, 1.807) is 0 Å². The Labute approximate surface area is 217 Å². The quantitative estimate of drug-likeness (QED) is 0.136. The van der Waals surface area contributed by atoms with Crippen molar-refractivity contribution in [2.75, 3.05) is 0 Å². The van der Waals surface area contributed by atoms with Crippen LogP contribution in [0.1, 0.15) is 41.5 Å². The van der Waals surface area contributed by atoms with Gasteiger partial charge in [0.2, 0.25) is 0 Å². The van der Waals surface area contributed by atoms with Gasteiger partial charge in [0, 0.05) is 16.5 Å². The zero-order valence-electron chi connectivity index (χ0n) is 21.1. The molecule has 0 atom stereocenters. The summed E-state index contributed by atoms with van der Waals surface area (Å²) < 4.78 is 0. The van der Waals surface area contributed by atoms with Crippen molar-refractivity contribution in [1.82, 2.24) is 0 Å². The van der Waals surface area contributed by atoms with Crippen LogP contribution in [0.2, 0.25) is 0 Å². The molecule has 0 bridgehead atoms. The van der Waals surface area contributed by atoms with Crippen LogP contribution < -0.4 is 0 Å². The fraction of sp³-hybridized carbons (Fsp3) is 0.200. The second-order valence-corrected chi connectivity index (χ2v) is 9.68. The fourth-order valence-corrected chi connectivity index (χ4v) is 4.24. The van der Waals surface area contributed by atoms with Crippen LogP contribution in [-0.2, 0) is 16.5 Å². The summed E-state index contributed by atoms with van der Waals surface area (Å²) in [7, 11) is -0.582. The predicted octanol–water partition coefficient (Wildman–Crippen LogP) is 11.5. The van der Waals surface area contributed by atoms with Crippen LogP contribution >= 0.6 is 15.8 Å². The van der Waals surface area contributed by atoms with Crippen LogP contribution in [0.5, 0.6) is 0 Å². The average Bonchev–Trinajstić information content (AvgIpc) is 2.80. The summed E-state index contributed by atoms with van der Waals surface area (Å²) in [6.45, 7) is 12.2. The fourth-order valence-electron chi connectivity index (χ4n) is 1.86. The SMILES string of the molecule is CC=CC=CP(C=CC=CC)C=CC=CC.CC=CC=CP(C=CC=CC)C=CC=CC.[Ni]. The van der Waals surface area contributed by atoms with Gasteiger partial charge < -0.3 is 0 Å². The Morgan fingerprint density at radius 1 is 0.273 bits per heavy atom. The van der Waals surface area contributed by atoms with Crippen LogP contribution in [0.15, 0.2) is 144 Å². The van der Waals surface area contributed by atoms with Gasteiger partial charge in [-0.25, -0.2) is 0 Å². The summed E-state index contributed by atoms with van der Waals surface area (Å²) in [6.07, 6.45) is 37.2. The third-order valence-electron chi connectivity index (χ3n) is 3.37. The van der Waals surface area contributed by atoms with Gasteiger partial charge in [0.05, 0.1) is 0 Å². The largest absolute Gasteiger partial charge is 0.0877 e. The molecule has 33 heavy (non-hydrogen) atoms. The summed E-state index contributed by atoms with van der Waals surface area (Å²) in [5.41, 5.74) is 0. The van der Waals surface area contributed by atoms with E-state index in [0.717, 1.165) is 0 Å². The van der Waals surface area contributed by atoms with Crippen LogP contribution in [0.25, 0.3) is 0 Å². The molecule has 0 aliphatic carbocycles. The molecule has 0 aliphatic heterocycles. The van der Waals surface area contributed by atoms with E-state index in [1.807, 2.05) is 78.0 Å². The molecule has 182 valence electrons. The normalized spacial score (nSPS) is 15.5. The molecule has 0 unspecified atom stereocenters. The van der Waals surface area contributed by atoms with Crippen LogP contribution in [0.4, 0.5) is 0 Å². The second kappa shape index (κ2) is 32.4. The van der Waals surface area contributed by atoms with E-state index in [9.17, 15) is 0 Å². The van der Waals surface area contributed by atoms with E-state index < -0.39 is 0 Å². The first-order valence-corrected chi connectivity index (χ1v) is 14.1. The minimum absolute atomic E-state index is 0. The van der Waals surface area contributed by atoms with Gasteiger partial charge in [-0.15, -0.1) is 0 Å². The second-order valence-electron chi connectivity index (χ2n) is 6.10. The molecule has 0 radical (unpaired) electrons. The number of rotatable bonds is 12. The van der Waals surface area contributed by atoms with Crippen LogP contribution in [-0.4, -0.2) is 0 Å². The molecule has 0 rings (SSSR count). The summed E-state index contributed by atoms with van der Waals surface area (Å²) in [5, 5.41) is 0. The molecule has 0 spiro atoms. The van der Waals surface area contributed by atoms with E-state index >= 15 is 0 Å². The molecule has 0 nitrogen and oxygen atoms in total. The first-order chi connectivity index (χ1) is 15.7. The molecule has 0 aromatic carbocycles. The van der Waals surface area contributed by atoms with Gasteiger partial charge >= 0.3 is 0 Å². The van der Waals surface area contributed by atoms with E-state index in [2.05, 4.69) is 108 Å². The average molecular weight is 523 g/mol. The molecule has 0 fully saturated rings. The minimum Gasteiger partial charge on any atom is -0.0877 e. The Balaban J connectivity index is -0.000000529. The molecular formula is C30H42NiP2. The zero-order chi connectivity index (χ0) is 24.1. The summed E-state index contributed by atoms with van der Waals surface area (Å²) in [6, 6.07) is 0. The van der Waals surface area contributed by atoms with E-state index in [1.165, 1.54) is 0 Å². The first kappa shape index (κ1) is 35.8. The van der Waals surface area contributed by atoms with Crippen molar-refractivity contribution in [2.45, 2.75) is 41.5 Å². The molecule has 0 saturated carbocycles. The van der Waals surface area contributed by atoms with Gasteiger partial charge in [-0.05, 0) is 57.4 Å². The standard InChI is InChI=1S/2C15H21P.Ni/c2*1-4-7-10-13-16(14-11-8-5-2)15-12-9-6-3;/h2*4-15H,1-3H3;. The maximum Gasteiger partial charge on any atom is 0 e. The van der Waals surface area contributed by atoms with Crippen molar-refractivity contribution in [3.8, 4) is 0 Å². The van der Waals surface area contributed by atoms with Crippen molar-refractivity contribution in [3.05, 3.63) is 144 Å². The maximum absolute atomic E-state index is 2.23. The first-order valence-electron chi connectivity index (χ1n) is 11.0. The van der Waals surface area contributed by atoms with E-state index in [4.69, 9.17) is 0 Å². The Kier molecular flexibility index (Phi) is 35.2. The summed E-state index contributed by atoms with van der Waals surface area (Å²) >= 11 is 0. The zero-order valence-corrected chi connectivity index (χ0v) is 23.8. The van der Waals surface area contributed by atoms with E-state index in [0.29, 0.717) is 0 Å². The van der Waals surface area contributed by atoms with E-state index in [-0.39, 0.29) is 32.3 Å². The third-order valence-corrected chi connectivity index (χ3v) is 6.47. The topological polar surface area (TPSA) is 0 Å². The summed E-state index contributed by atoms with van der Waals surface area (Å²) in [4.78, 5) is 0. The molecule has 0 amide bonds. The number of allylic oxidation sites excluding steroid dienone is 18. The minimum atomic E-state index is -0.291. The van der Waals surface area contributed by atoms with Crippen LogP contribution in [0, 0.1) is 0 Å². The predicted molar refractivity (Wildman–Crippen MR) is 158 cm³/mol. The molecule has 0 aromatic heterocycles. The van der Waals surface area contributed by atoms with Crippen molar-refractivity contribution >= 4 is 15.8 Å².